The number of amides is 4. The van der Waals surface area contributed by atoms with Gasteiger partial charge in [0.2, 0.25) is 0 Å². The number of benzene rings is 7. The second-order valence-corrected chi connectivity index (χ2v) is 13.2. The van der Waals surface area contributed by atoms with E-state index in [0.29, 0.717) is 0 Å². The molecule has 0 bridgehead atoms. The fraction of sp³-hybridized carbons (Fsp3) is 0.100. The smallest absolute Gasteiger partial charge is 0.270 e. The Hall–Kier alpha value is -6.44. The summed E-state index contributed by atoms with van der Waals surface area (Å²) in [7, 11) is 0. The lowest BCUT2D eigenvalue weighted by molar-refractivity contribution is -0.138. The van der Waals surface area contributed by atoms with Crippen LogP contribution in [-0.2, 0) is 25.4 Å². The van der Waals surface area contributed by atoms with Crippen LogP contribution < -0.4 is 0 Å². The molecule has 0 atom stereocenters. The molecule has 0 saturated heterocycles. The van der Waals surface area contributed by atoms with Crippen molar-refractivity contribution in [2.75, 3.05) is 0 Å². The molecule has 9 rings (SSSR count). The second kappa shape index (κ2) is 11.0. The van der Waals surface area contributed by atoms with Crippen LogP contribution in [0.25, 0.3) is 43.1 Å². The van der Waals surface area contributed by atoms with Crippen molar-refractivity contribution in [3.63, 3.8) is 0 Å². The number of hydrogen-bond acceptors (Lipinski definition) is 4. The van der Waals surface area contributed by atoms with Crippen molar-refractivity contribution >= 4 is 66.7 Å². The molecule has 4 amide bonds. The van der Waals surface area contributed by atoms with Gasteiger partial charge in [-0.25, -0.2) is 8.78 Å². The minimum atomic E-state index is -4.60. The van der Waals surface area contributed by atoms with E-state index >= 15 is 8.78 Å². The molecular weight excluding hydrogens is 724 g/mol. The summed E-state index contributed by atoms with van der Waals surface area (Å²) in [6.07, 6.45) is -9.21. The van der Waals surface area contributed by atoms with E-state index < -0.39 is 71.8 Å². The first-order valence-corrected chi connectivity index (χ1v) is 16.2. The number of hydrogen-bond donors (Lipinski definition) is 0. The quantitative estimate of drug-likeness (QED) is 0.0780. The van der Waals surface area contributed by atoms with Crippen LogP contribution in [0.4, 0.5) is 35.1 Å². The SMILES string of the molecule is O=C1c2ccc3c4c(F)cc5c6c(ccc(c7c(F)cc(c2c37)C(=O)N1Cc1ccc(C(F)(F)F)cc1)c64)C(=O)N(Cc1ccc(C(F)(F)F)cc1)C5=O. The zero-order valence-electron chi connectivity index (χ0n) is 27.0. The Morgan fingerprint density at radius 2 is 0.741 bits per heavy atom. The molecule has 6 nitrogen and oxygen atoms in total. The number of carbonyl (C=O) groups excluding carboxylic acids is 4. The fourth-order valence-corrected chi connectivity index (χ4v) is 7.72. The topological polar surface area (TPSA) is 74.8 Å². The van der Waals surface area contributed by atoms with Gasteiger partial charge in [0, 0.05) is 43.4 Å². The number of nitrogens with zero attached hydrogens (tertiary/aromatic N) is 2. The van der Waals surface area contributed by atoms with Crippen LogP contribution in [0.5, 0.6) is 0 Å². The van der Waals surface area contributed by atoms with Crippen LogP contribution in [0.1, 0.15) is 63.7 Å². The highest BCUT2D eigenvalue weighted by Crippen LogP contribution is 2.48. The van der Waals surface area contributed by atoms with Gasteiger partial charge in [-0.15, -0.1) is 0 Å². The third kappa shape index (κ3) is 4.64. The van der Waals surface area contributed by atoms with Crippen LogP contribution in [0.3, 0.4) is 0 Å². The van der Waals surface area contributed by atoms with Crippen molar-refractivity contribution in [2.24, 2.45) is 0 Å². The Morgan fingerprint density at radius 1 is 0.407 bits per heavy atom. The van der Waals surface area contributed by atoms with Gasteiger partial charge in [0.05, 0.1) is 35.3 Å². The van der Waals surface area contributed by atoms with Crippen molar-refractivity contribution in [3.8, 4) is 0 Å². The van der Waals surface area contributed by atoms with E-state index in [-0.39, 0.29) is 76.5 Å². The highest BCUT2D eigenvalue weighted by atomic mass is 19.4. The van der Waals surface area contributed by atoms with E-state index in [9.17, 15) is 45.5 Å². The van der Waals surface area contributed by atoms with Gasteiger partial charge in [-0.2, -0.15) is 26.3 Å². The van der Waals surface area contributed by atoms with Gasteiger partial charge < -0.3 is 0 Å². The maximum Gasteiger partial charge on any atom is 0.416 e. The van der Waals surface area contributed by atoms with Crippen LogP contribution in [0.15, 0.2) is 84.9 Å². The molecule has 0 radical (unpaired) electrons. The molecule has 2 heterocycles. The summed E-state index contributed by atoms with van der Waals surface area (Å²) in [5.41, 5.74) is -1.96. The monoisotopic (exact) mass is 742 g/mol. The summed E-state index contributed by atoms with van der Waals surface area (Å²) in [6, 6.07) is 15.0. The average molecular weight is 743 g/mol. The first-order chi connectivity index (χ1) is 25.5. The normalized spacial score (nSPS) is 14.9. The lowest BCUT2D eigenvalue weighted by Gasteiger charge is -2.30. The molecule has 0 aromatic heterocycles. The van der Waals surface area contributed by atoms with Gasteiger partial charge in [0.1, 0.15) is 11.6 Å². The second-order valence-electron chi connectivity index (χ2n) is 13.2. The molecule has 0 fully saturated rings. The predicted octanol–water partition coefficient (Wildman–Crippen LogP) is 9.65. The molecular formula is C40H18F8N2O4. The van der Waals surface area contributed by atoms with Gasteiger partial charge in [0.15, 0.2) is 0 Å². The van der Waals surface area contributed by atoms with E-state index in [1.165, 1.54) is 24.3 Å². The molecule has 14 heteroatoms. The number of imide groups is 2. The maximum absolute atomic E-state index is 16.4. The number of rotatable bonds is 4. The van der Waals surface area contributed by atoms with Gasteiger partial charge in [-0.05, 0) is 70.4 Å². The zero-order valence-corrected chi connectivity index (χ0v) is 27.0. The first-order valence-electron chi connectivity index (χ1n) is 16.2. The Morgan fingerprint density at radius 3 is 1.07 bits per heavy atom. The van der Waals surface area contributed by atoms with Gasteiger partial charge >= 0.3 is 12.4 Å². The maximum atomic E-state index is 16.4. The van der Waals surface area contributed by atoms with E-state index in [2.05, 4.69) is 0 Å². The fourth-order valence-electron chi connectivity index (χ4n) is 7.72. The van der Waals surface area contributed by atoms with Crippen molar-refractivity contribution in [2.45, 2.75) is 25.4 Å². The largest absolute Gasteiger partial charge is 0.416 e. The molecule has 7 aromatic carbocycles. The molecule has 2 aliphatic rings. The Bertz CT molecular complexity index is 2650. The molecule has 0 aliphatic carbocycles. The van der Waals surface area contributed by atoms with Gasteiger partial charge in [-0.3, -0.25) is 29.0 Å². The molecule has 0 spiro atoms. The Balaban J connectivity index is 1.18. The van der Waals surface area contributed by atoms with Crippen molar-refractivity contribution in [1.29, 1.82) is 0 Å². The summed E-state index contributed by atoms with van der Waals surface area (Å²) in [4.78, 5) is 56.8. The van der Waals surface area contributed by atoms with E-state index in [1.807, 2.05) is 0 Å². The van der Waals surface area contributed by atoms with E-state index in [4.69, 9.17) is 0 Å². The zero-order chi connectivity index (χ0) is 38.2. The highest BCUT2D eigenvalue weighted by molar-refractivity contribution is 6.41. The predicted molar refractivity (Wildman–Crippen MR) is 179 cm³/mol. The minimum Gasteiger partial charge on any atom is -0.270 e. The summed E-state index contributed by atoms with van der Waals surface area (Å²) >= 11 is 0. The highest BCUT2D eigenvalue weighted by Gasteiger charge is 2.39. The van der Waals surface area contributed by atoms with Crippen LogP contribution in [0, 0.1) is 11.6 Å². The van der Waals surface area contributed by atoms with Crippen molar-refractivity contribution in [3.05, 3.63) is 141 Å². The lowest BCUT2D eigenvalue weighted by atomic mass is 9.81. The number of fused-ring (bicyclic) bond motifs is 2. The summed E-state index contributed by atoms with van der Waals surface area (Å²) in [6.45, 7) is -0.829. The van der Waals surface area contributed by atoms with Gasteiger partial charge in [0.25, 0.3) is 23.6 Å². The van der Waals surface area contributed by atoms with Crippen LogP contribution in [0.2, 0.25) is 0 Å². The molecule has 0 N–H and O–H groups in total. The number of halogens is 8. The lowest BCUT2D eigenvalue weighted by Crippen LogP contribution is -2.40. The molecule has 268 valence electrons. The number of alkyl halides is 6. The van der Waals surface area contributed by atoms with Gasteiger partial charge in [-0.1, -0.05) is 36.4 Å². The Kier molecular flexibility index (Phi) is 6.83. The molecule has 0 unspecified atom stereocenters. The van der Waals surface area contributed by atoms with Crippen LogP contribution in [-0.4, -0.2) is 33.4 Å². The molecule has 7 aromatic rings. The third-order valence-corrected chi connectivity index (χ3v) is 10.2. The molecule has 54 heavy (non-hydrogen) atoms. The molecule has 2 aliphatic heterocycles. The van der Waals surface area contributed by atoms with Crippen molar-refractivity contribution < 1.29 is 54.3 Å². The minimum absolute atomic E-state index is 0.0322. The standard InChI is InChI=1S/C40H18F8N2O4/c41-27-13-25-29-23(35(51)49(37(25)53)15-17-1-5-19(6-2-17)39(43,44)45)11-9-21-32-28(42)14-26-30-24(12-10-22(34(30)32)31(27)33(21)29)36(52)50(38(26)54)16-18-3-7-20(8-4-18)40(46,47)48/h1-14H,15-16H2. The Labute approximate surface area is 297 Å². The number of carbonyl (C=O) groups is 4. The van der Waals surface area contributed by atoms with Crippen LogP contribution >= 0.6 is 0 Å². The van der Waals surface area contributed by atoms with E-state index in [0.717, 1.165) is 70.5 Å². The van der Waals surface area contributed by atoms with Crippen molar-refractivity contribution in [1.82, 2.24) is 9.80 Å². The average Bonchev–Trinajstić information content (AvgIpc) is 3.13. The van der Waals surface area contributed by atoms with E-state index in [1.54, 1.807) is 0 Å². The first kappa shape index (κ1) is 33.4. The summed E-state index contributed by atoms with van der Waals surface area (Å²) in [5, 5.41) is 0.126. The summed E-state index contributed by atoms with van der Waals surface area (Å²) in [5.74, 6) is -5.32. The third-order valence-electron chi connectivity index (χ3n) is 10.2. The summed E-state index contributed by atoms with van der Waals surface area (Å²) < 4.78 is 111. The molecule has 0 saturated carbocycles.